The molecule has 0 amide bonds. The third-order valence-electron chi connectivity index (χ3n) is 7.28. The molecule has 2 aliphatic heterocycles. The molecular weight excluding hydrogens is 452 g/mol. The Morgan fingerprint density at radius 1 is 0.944 bits per heavy atom. The molecule has 0 bridgehead atoms. The number of hydrogen-bond donors (Lipinski definition) is 1. The Balaban J connectivity index is 1.18. The minimum atomic E-state index is 0.554. The van der Waals surface area contributed by atoms with Gasteiger partial charge in [0.2, 0.25) is 5.95 Å². The van der Waals surface area contributed by atoms with Gasteiger partial charge in [0.05, 0.1) is 37.7 Å². The Hall–Kier alpha value is -3.62. The summed E-state index contributed by atoms with van der Waals surface area (Å²) in [6, 6.07) is 21.3. The fourth-order valence-electron chi connectivity index (χ4n) is 5.36. The lowest BCUT2D eigenvalue weighted by molar-refractivity contribution is 0.0115. The number of methoxy groups -OCH3 is 1. The van der Waals surface area contributed by atoms with Crippen molar-refractivity contribution < 1.29 is 9.47 Å². The lowest BCUT2D eigenvalue weighted by Gasteiger charge is -2.40. The van der Waals surface area contributed by atoms with Gasteiger partial charge in [-0.2, -0.15) is 0 Å². The van der Waals surface area contributed by atoms with Crippen LogP contribution in [0.2, 0.25) is 0 Å². The zero-order valence-electron chi connectivity index (χ0n) is 20.6. The maximum Gasteiger partial charge on any atom is 0.245 e. The summed E-state index contributed by atoms with van der Waals surface area (Å²) in [7, 11) is 1.69. The molecule has 0 saturated carbocycles. The Morgan fingerprint density at radius 2 is 1.78 bits per heavy atom. The average molecular weight is 485 g/mol. The fourth-order valence-corrected chi connectivity index (χ4v) is 5.36. The van der Waals surface area contributed by atoms with Crippen LogP contribution in [0.4, 0.5) is 17.3 Å². The standard InChI is InChI=1S/C28H32N6O2/c1-35-27-8-3-2-7-25(27)26-10-9-24-20-29-28(31-34(24)26)30-21-5-4-6-23(19-21)32-13-11-22(12-14-32)33-15-17-36-18-16-33/h2-10,19-20,22H,11-18H2,1H3,(H,30,31). The quantitative estimate of drug-likeness (QED) is 0.434. The smallest absolute Gasteiger partial charge is 0.245 e. The van der Waals surface area contributed by atoms with Gasteiger partial charge in [0.25, 0.3) is 0 Å². The summed E-state index contributed by atoms with van der Waals surface area (Å²) in [5.41, 5.74) is 5.10. The van der Waals surface area contributed by atoms with Crippen molar-refractivity contribution in [2.75, 3.05) is 56.7 Å². The van der Waals surface area contributed by atoms with Crippen LogP contribution < -0.4 is 15.0 Å². The SMILES string of the molecule is COc1ccccc1-c1ccc2cnc(Nc3cccc(N4CCC(N5CCOCC5)CC4)c3)nn12. The molecule has 2 aromatic heterocycles. The van der Waals surface area contributed by atoms with E-state index >= 15 is 0 Å². The van der Waals surface area contributed by atoms with Gasteiger partial charge in [-0.05, 0) is 55.3 Å². The van der Waals surface area contributed by atoms with E-state index in [0.29, 0.717) is 12.0 Å². The van der Waals surface area contributed by atoms with Gasteiger partial charge in [0.1, 0.15) is 5.75 Å². The second-order valence-electron chi connectivity index (χ2n) is 9.38. The van der Waals surface area contributed by atoms with Crippen molar-refractivity contribution in [3.63, 3.8) is 0 Å². The van der Waals surface area contributed by atoms with Gasteiger partial charge in [-0.3, -0.25) is 4.90 Å². The highest BCUT2D eigenvalue weighted by atomic mass is 16.5. The Morgan fingerprint density at radius 3 is 2.61 bits per heavy atom. The number of anilines is 3. The summed E-state index contributed by atoms with van der Waals surface area (Å²) in [6.45, 7) is 6.00. The first-order chi connectivity index (χ1) is 17.8. The van der Waals surface area contributed by atoms with Crippen molar-refractivity contribution in [2.24, 2.45) is 0 Å². The fraction of sp³-hybridized carbons (Fsp3) is 0.357. The second-order valence-corrected chi connectivity index (χ2v) is 9.38. The monoisotopic (exact) mass is 484 g/mol. The average Bonchev–Trinajstić information content (AvgIpc) is 3.37. The van der Waals surface area contributed by atoms with Gasteiger partial charge in [-0.1, -0.05) is 18.2 Å². The summed E-state index contributed by atoms with van der Waals surface area (Å²) < 4.78 is 13.0. The summed E-state index contributed by atoms with van der Waals surface area (Å²) in [5.74, 6) is 1.37. The van der Waals surface area contributed by atoms with Crippen LogP contribution in [-0.4, -0.2) is 72.0 Å². The van der Waals surface area contributed by atoms with Crippen LogP contribution in [0, 0.1) is 0 Å². The van der Waals surface area contributed by atoms with Crippen molar-refractivity contribution in [2.45, 2.75) is 18.9 Å². The van der Waals surface area contributed by atoms with Crippen molar-refractivity contribution >= 4 is 22.8 Å². The molecule has 4 aromatic rings. The van der Waals surface area contributed by atoms with E-state index in [-0.39, 0.29) is 0 Å². The van der Waals surface area contributed by atoms with Crippen molar-refractivity contribution in [3.05, 3.63) is 66.9 Å². The summed E-state index contributed by atoms with van der Waals surface area (Å²) in [6.07, 6.45) is 4.22. The number of nitrogens with one attached hydrogen (secondary N) is 1. The number of morpholine rings is 1. The molecular formula is C28H32N6O2. The number of aromatic nitrogens is 3. The minimum absolute atomic E-state index is 0.554. The first-order valence-corrected chi connectivity index (χ1v) is 12.7. The maximum atomic E-state index is 5.57. The molecule has 0 aliphatic carbocycles. The number of para-hydroxylation sites is 1. The topological polar surface area (TPSA) is 67.2 Å². The Kier molecular flexibility index (Phi) is 6.44. The first kappa shape index (κ1) is 22.8. The van der Waals surface area contributed by atoms with Crippen LogP contribution in [0.15, 0.2) is 66.9 Å². The second kappa shape index (κ2) is 10.2. The number of piperidine rings is 1. The minimum Gasteiger partial charge on any atom is -0.496 e. The molecule has 2 fully saturated rings. The van der Waals surface area contributed by atoms with Gasteiger partial charge in [0.15, 0.2) is 0 Å². The molecule has 1 N–H and O–H groups in total. The van der Waals surface area contributed by atoms with Gasteiger partial charge in [-0.15, -0.1) is 5.10 Å². The van der Waals surface area contributed by atoms with E-state index in [1.54, 1.807) is 7.11 Å². The predicted octanol–water partition coefficient (Wildman–Crippen LogP) is 4.45. The van der Waals surface area contributed by atoms with E-state index in [9.17, 15) is 0 Å². The molecule has 2 aromatic carbocycles. The summed E-state index contributed by atoms with van der Waals surface area (Å²) in [4.78, 5) is 9.64. The van der Waals surface area contributed by atoms with Gasteiger partial charge < -0.3 is 19.7 Å². The molecule has 186 valence electrons. The molecule has 36 heavy (non-hydrogen) atoms. The van der Waals surface area contributed by atoms with Crippen LogP contribution in [0.3, 0.4) is 0 Å². The number of rotatable bonds is 6. The molecule has 0 radical (unpaired) electrons. The van der Waals surface area contributed by atoms with E-state index < -0.39 is 0 Å². The third kappa shape index (κ3) is 4.62. The van der Waals surface area contributed by atoms with Crippen LogP contribution in [0.25, 0.3) is 16.8 Å². The lowest BCUT2D eigenvalue weighted by Crippen LogP contribution is -2.49. The van der Waals surface area contributed by atoms with Gasteiger partial charge in [-0.25, -0.2) is 9.50 Å². The van der Waals surface area contributed by atoms with Crippen molar-refractivity contribution in [1.82, 2.24) is 19.5 Å². The van der Waals surface area contributed by atoms with Gasteiger partial charge in [0, 0.05) is 49.2 Å². The molecule has 8 nitrogen and oxygen atoms in total. The Bertz CT molecular complexity index is 1320. The highest BCUT2D eigenvalue weighted by Gasteiger charge is 2.26. The molecule has 2 aliphatic rings. The zero-order chi connectivity index (χ0) is 24.3. The van der Waals surface area contributed by atoms with E-state index in [2.05, 4.69) is 44.4 Å². The largest absolute Gasteiger partial charge is 0.496 e. The molecule has 8 heteroatoms. The molecule has 2 saturated heterocycles. The van der Waals surface area contributed by atoms with Crippen LogP contribution in [-0.2, 0) is 4.74 Å². The van der Waals surface area contributed by atoms with E-state index in [0.717, 1.165) is 67.6 Å². The molecule has 4 heterocycles. The lowest BCUT2D eigenvalue weighted by atomic mass is 10.0. The number of ether oxygens (including phenoxy) is 2. The molecule has 0 spiro atoms. The van der Waals surface area contributed by atoms with Crippen molar-refractivity contribution in [1.29, 1.82) is 0 Å². The van der Waals surface area contributed by atoms with Crippen LogP contribution in [0.1, 0.15) is 12.8 Å². The van der Waals surface area contributed by atoms with E-state index in [4.69, 9.17) is 14.6 Å². The Labute approximate surface area is 211 Å². The first-order valence-electron chi connectivity index (χ1n) is 12.7. The highest BCUT2D eigenvalue weighted by molar-refractivity contribution is 5.72. The maximum absolute atomic E-state index is 5.57. The van der Waals surface area contributed by atoms with Crippen molar-refractivity contribution in [3.8, 4) is 17.0 Å². The van der Waals surface area contributed by atoms with Crippen LogP contribution in [0.5, 0.6) is 5.75 Å². The molecule has 0 atom stereocenters. The number of nitrogens with zero attached hydrogens (tertiary/aromatic N) is 5. The number of fused-ring (bicyclic) bond motifs is 1. The number of hydrogen-bond acceptors (Lipinski definition) is 7. The molecule has 6 rings (SSSR count). The van der Waals surface area contributed by atoms with E-state index in [1.807, 2.05) is 47.1 Å². The van der Waals surface area contributed by atoms with E-state index in [1.165, 1.54) is 18.5 Å². The third-order valence-corrected chi connectivity index (χ3v) is 7.28. The van der Waals surface area contributed by atoms with Gasteiger partial charge >= 0.3 is 0 Å². The zero-order valence-corrected chi connectivity index (χ0v) is 20.6. The van der Waals surface area contributed by atoms with Crippen LogP contribution >= 0.6 is 0 Å². The summed E-state index contributed by atoms with van der Waals surface area (Å²) >= 11 is 0. The molecule has 0 unspecified atom stereocenters. The highest BCUT2D eigenvalue weighted by Crippen LogP contribution is 2.31. The normalized spacial score (nSPS) is 17.4. The number of benzene rings is 2. The summed E-state index contributed by atoms with van der Waals surface area (Å²) in [5, 5.41) is 8.21. The predicted molar refractivity (Wildman–Crippen MR) is 142 cm³/mol.